The topological polar surface area (TPSA) is 75.2 Å². The van der Waals surface area contributed by atoms with Gasteiger partial charge in [0.2, 0.25) is 5.78 Å². The molecule has 40 heavy (non-hydrogen) atoms. The van der Waals surface area contributed by atoms with Gasteiger partial charge in [-0.05, 0) is 41.7 Å². The largest absolute Gasteiger partial charge is 0.374 e. The number of aromatic nitrogens is 3. The summed E-state index contributed by atoms with van der Waals surface area (Å²) in [7, 11) is 0. The fourth-order valence-electron chi connectivity index (χ4n) is 5.14. The highest BCUT2D eigenvalue weighted by Gasteiger charge is 2.24. The molecule has 1 fully saturated rings. The lowest BCUT2D eigenvalue weighted by Gasteiger charge is -2.36. The van der Waals surface area contributed by atoms with E-state index in [4.69, 9.17) is 20.8 Å². The zero-order valence-corrected chi connectivity index (χ0v) is 24.6. The van der Waals surface area contributed by atoms with E-state index in [1.54, 1.807) is 16.7 Å². The third-order valence-electron chi connectivity index (χ3n) is 7.45. The van der Waals surface area contributed by atoms with E-state index in [2.05, 4.69) is 21.3 Å². The number of imidazole rings is 1. The highest BCUT2D eigenvalue weighted by molar-refractivity contribution is 7.93. The minimum absolute atomic E-state index is 0.128. The number of fused-ring (bicyclic) bond motifs is 1. The molecule has 0 radical (unpaired) electrons. The van der Waals surface area contributed by atoms with Gasteiger partial charge in [0.05, 0.1) is 11.4 Å². The Morgan fingerprint density at radius 1 is 1.02 bits per heavy atom. The second-order valence-corrected chi connectivity index (χ2v) is 11.1. The van der Waals surface area contributed by atoms with Crippen molar-refractivity contribution in [3.63, 3.8) is 0 Å². The summed E-state index contributed by atoms with van der Waals surface area (Å²) in [5, 5.41) is 11.7. The summed E-state index contributed by atoms with van der Waals surface area (Å²) in [4.78, 5) is 22.5. The summed E-state index contributed by atoms with van der Waals surface area (Å²) >= 11 is 7.45. The lowest BCUT2D eigenvalue weighted by atomic mass is 10.1. The summed E-state index contributed by atoms with van der Waals surface area (Å²) in [6.45, 7) is 6.76. The average molecular weight is 582 g/mol. The second-order valence-electron chi connectivity index (χ2n) is 10.1. The van der Waals surface area contributed by atoms with E-state index in [1.807, 2.05) is 54.8 Å². The molecular weight excluding hydrogens is 546 g/mol. The van der Waals surface area contributed by atoms with Gasteiger partial charge in [0.1, 0.15) is 13.0 Å². The zero-order chi connectivity index (χ0) is 28.1. The molecule has 0 aliphatic carbocycles. The van der Waals surface area contributed by atoms with E-state index < -0.39 is 6.23 Å². The Labute approximate surface area is 244 Å². The number of aryl methyl sites for hydroxylation is 1. The molecule has 8 nitrogen and oxygen atoms in total. The monoisotopic (exact) mass is 581 g/mol. The molecule has 0 spiro atoms. The first-order valence-electron chi connectivity index (χ1n) is 13.8. The van der Waals surface area contributed by atoms with E-state index in [0.29, 0.717) is 17.5 Å². The Bertz CT molecular complexity index is 1460. The van der Waals surface area contributed by atoms with Gasteiger partial charge in [-0.2, -0.15) is 0 Å². The van der Waals surface area contributed by atoms with Crippen LogP contribution in [0.25, 0.3) is 28.3 Å². The zero-order valence-electron chi connectivity index (χ0n) is 23.0. The van der Waals surface area contributed by atoms with E-state index in [-0.39, 0.29) is 5.56 Å². The summed E-state index contributed by atoms with van der Waals surface area (Å²) < 4.78 is 9.20. The van der Waals surface area contributed by atoms with Crippen LogP contribution in [-0.2, 0) is 10.7 Å². The van der Waals surface area contributed by atoms with Crippen LogP contribution in [-0.4, -0.2) is 68.0 Å². The number of piperazine rings is 1. The molecule has 0 saturated carbocycles. The standard InChI is InChI=1S/C30H36ClN5O3S/c1-3-4-5-14-35-27(19-28(37)36-20-26(32-30(35)36)22-10-12-25(31)13-11-22)23-6-8-24(9-7-23)29(38)34-17-15-33(16-18-34)21-39-40-2/h6-13,19-20,29,38H,3-5,14-18,21H2,1-2H3. The maximum Gasteiger partial charge on any atom is 0.259 e. The first kappa shape index (κ1) is 28.9. The van der Waals surface area contributed by atoms with Crippen LogP contribution in [0.3, 0.4) is 0 Å². The molecule has 1 unspecified atom stereocenters. The normalized spacial score (nSPS) is 15.6. The van der Waals surface area contributed by atoms with Crippen molar-refractivity contribution in [3.05, 3.63) is 81.7 Å². The average Bonchev–Trinajstić information content (AvgIpc) is 3.44. The first-order valence-corrected chi connectivity index (χ1v) is 15.3. The van der Waals surface area contributed by atoms with E-state index in [9.17, 15) is 9.90 Å². The second kappa shape index (κ2) is 13.3. The Kier molecular flexibility index (Phi) is 9.62. The summed E-state index contributed by atoms with van der Waals surface area (Å²) in [6.07, 6.45) is 6.20. The third kappa shape index (κ3) is 6.46. The lowest BCUT2D eigenvalue weighted by Crippen LogP contribution is -2.47. The van der Waals surface area contributed by atoms with Gasteiger partial charge in [0, 0.05) is 61.8 Å². The van der Waals surface area contributed by atoms with E-state index >= 15 is 0 Å². The molecule has 2 aromatic heterocycles. The maximum absolute atomic E-state index is 13.3. The van der Waals surface area contributed by atoms with Gasteiger partial charge in [-0.15, -0.1) is 0 Å². The molecule has 4 aromatic rings. The third-order valence-corrected chi connectivity index (χ3v) is 8.05. The van der Waals surface area contributed by atoms with E-state index in [1.165, 1.54) is 12.0 Å². The molecule has 0 amide bonds. The van der Waals surface area contributed by atoms with Gasteiger partial charge in [0.15, 0.2) is 0 Å². The highest BCUT2D eigenvalue weighted by atomic mass is 35.5. The molecule has 3 heterocycles. The quantitative estimate of drug-likeness (QED) is 0.184. The molecule has 10 heteroatoms. The number of aliphatic hydroxyl groups excluding tert-OH is 1. The Morgan fingerprint density at radius 2 is 1.73 bits per heavy atom. The molecule has 1 atom stereocenters. The fourth-order valence-corrected chi connectivity index (χ4v) is 5.52. The van der Waals surface area contributed by atoms with Crippen LogP contribution in [0.4, 0.5) is 0 Å². The molecule has 5 rings (SSSR count). The number of benzene rings is 2. The molecule has 1 aliphatic rings. The van der Waals surface area contributed by atoms with Gasteiger partial charge in [0.25, 0.3) is 5.56 Å². The molecular formula is C30H36ClN5O3S. The van der Waals surface area contributed by atoms with E-state index in [0.717, 1.165) is 80.1 Å². The van der Waals surface area contributed by atoms with Crippen molar-refractivity contribution in [2.24, 2.45) is 0 Å². The van der Waals surface area contributed by atoms with Gasteiger partial charge >= 0.3 is 0 Å². The van der Waals surface area contributed by atoms with Crippen LogP contribution in [0.15, 0.2) is 65.6 Å². The fraction of sp³-hybridized carbons (Fsp3) is 0.400. The first-order chi connectivity index (χ1) is 19.5. The predicted molar refractivity (Wildman–Crippen MR) is 162 cm³/mol. The van der Waals surface area contributed by atoms with Crippen molar-refractivity contribution in [1.29, 1.82) is 0 Å². The van der Waals surface area contributed by atoms with Gasteiger partial charge in [-0.25, -0.2) is 4.98 Å². The van der Waals surface area contributed by atoms with Crippen molar-refractivity contribution in [2.45, 2.75) is 39.0 Å². The van der Waals surface area contributed by atoms with Crippen LogP contribution in [0, 0.1) is 0 Å². The van der Waals surface area contributed by atoms with Crippen molar-refractivity contribution in [2.75, 3.05) is 39.2 Å². The van der Waals surface area contributed by atoms with Crippen LogP contribution in [0.2, 0.25) is 5.02 Å². The Morgan fingerprint density at radius 3 is 2.40 bits per heavy atom. The summed E-state index contributed by atoms with van der Waals surface area (Å²) in [5.74, 6) is 0.621. The number of aliphatic hydroxyl groups is 1. The predicted octanol–water partition coefficient (Wildman–Crippen LogP) is 5.53. The minimum Gasteiger partial charge on any atom is -0.374 e. The molecule has 0 bridgehead atoms. The van der Waals surface area contributed by atoms with Crippen molar-refractivity contribution >= 4 is 29.4 Å². The number of hydrogen-bond acceptors (Lipinski definition) is 7. The van der Waals surface area contributed by atoms with Crippen LogP contribution < -0.4 is 5.56 Å². The number of unbranched alkanes of at least 4 members (excludes halogenated alkanes) is 2. The molecule has 1 aliphatic heterocycles. The van der Waals surface area contributed by atoms with Crippen LogP contribution in [0.1, 0.15) is 38.0 Å². The number of nitrogens with zero attached hydrogens (tertiary/aromatic N) is 5. The lowest BCUT2D eigenvalue weighted by molar-refractivity contribution is -0.0367. The van der Waals surface area contributed by atoms with Crippen molar-refractivity contribution in [1.82, 2.24) is 23.8 Å². The summed E-state index contributed by atoms with van der Waals surface area (Å²) in [5.41, 5.74) is 4.09. The molecule has 1 saturated heterocycles. The van der Waals surface area contributed by atoms with Gasteiger partial charge in [-0.1, -0.05) is 67.8 Å². The minimum atomic E-state index is -0.680. The van der Waals surface area contributed by atoms with Gasteiger partial charge in [-0.3, -0.25) is 19.0 Å². The van der Waals surface area contributed by atoms with Crippen LogP contribution in [0.5, 0.6) is 0 Å². The molecule has 2 aromatic carbocycles. The molecule has 1 N–H and O–H groups in total. The highest BCUT2D eigenvalue weighted by Crippen LogP contribution is 2.27. The van der Waals surface area contributed by atoms with Crippen molar-refractivity contribution in [3.8, 4) is 22.5 Å². The van der Waals surface area contributed by atoms with Crippen LogP contribution >= 0.6 is 23.6 Å². The summed E-state index contributed by atoms with van der Waals surface area (Å²) in [6, 6.07) is 17.1. The Balaban J connectivity index is 1.43. The van der Waals surface area contributed by atoms with Gasteiger partial charge < -0.3 is 13.9 Å². The number of hydrogen-bond donors (Lipinski definition) is 1. The maximum atomic E-state index is 13.3. The van der Waals surface area contributed by atoms with Crippen molar-refractivity contribution < 1.29 is 9.29 Å². The number of rotatable bonds is 11. The molecule has 212 valence electrons. The SMILES string of the molecule is CCCCCn1c(-c2ccc(C(O)N3CCN(COSC)CC3)cc2)cc(=O)n2cc(-c3ccc(Cl)cc3)nc12. The smallest absolute Gasteiger partial charge is 0.259 e. The number of halogens is 1. The Hall–Kier alpha value is -2.66.